The van der Waals surface area contributed by atoms with Gasteiger partial charge in [-0.05, 0) is 49.4 Å². The van der Waals surface area contributed by atoms with Gasteiger partial charge in [-0.3, -0.25) is 9.59 Å². The number of amides is 1. The molecule has 0 atom stereocenters. The van der Waals surface area contributed by atoms with Crippen molar-refractivity contribution >= 4 is 33.3 Å². The van der Waals surface area contributed by atoms with Gasteiger partial charge in [-0.15, -0.1) is 0 Å². The Labute approximate surface area is 270 Å². The number of ether oxygens (including phenoxy) is 2. The van der Waals surface area contributed by atoms with E-state index in [1.54, 1.807) is 0 Å². The SMILES string of the molecule is CCN(C(=O)c1cc(C(F)(F)F)ccc1F)c1cccc(C(=O)Cc2c(Br)cc(C(F)(C(F)(F)F)C(F)(F)F)cc2OC(F)F)c1OC. The molecular weight excluding hydrogens is 753 g/mol. The standard InChI is InChI=1S/C29H19BrF13NO4/c1-3-44(24(46)17-9-13(27(35,36)37)7-8-19(17)31)20-6-4-5-15(23(20)47-2)21(45)12-16-18(30)10-14(11-22(16)48-25(32)33)26(34,28(38,39)40)29(41,42)43/h4-11,25H,3,12H2,1-2H3. The van der Waals surface area contributed by atoms with Crippen LogP contribution < -0.4 is 14.4 Å². The molecule has 1 amide bonds. The molecule has 0 N–H and O–H groups in total. The van der Waals surface area contributed by atoms with Gasteiger partial charge in [0.05, 0.1) is 29.5 Å². The fourth-order valence-corrected chi connectivity index (χ4v) is 5.11. The number of benzene rings is 3. The summed E-state index contributed by atoms with van der Waals surface area (Å²) in [6.07, 6.45) is -19.3. The molecule has 3 aromatic rings. The zero-order valence-corrected chi connectivity index (χ0v) is 25.6. The Morgan fingerprint density at radius 2 is 1.46 bits per heavy atom. The molecule has 0 saturated heterocycles. The van der Waals surface area contributed by atoms with Crippen LogP contribution in [0.2, 0.25) is 0 Å². The van der Waals surface area contributed by atoms with Crippen molar-refractivity contribution in [1.29, 1.82) is 0 Å². The molecule has 3 rings (SSSR count). The second-order valence-electron chi connectivity index (χ2n) is 9.67. The van der Waals surface area contributed by atoms with Crippen molar-refractivity contribution in [3.8, 4) is 11.5 Å². The van der Waals surface area contributed by atoms with Crippen molar-refractivity contribution in [1.82, 2.24) is 0 Å². The number of Topliss-reactive ketones (excluding diaryl/α,β-unsaturated/α-hetero) is 1. The van der Waals surface area contributed by atoms with Crippen LogP contribution in [0.25, 0.3) is 0 Å². The van der Waals surface area contributed by atoms with E-state index in [1.807, 2.05) is 0 Å². The fourth-order valence-electron chi connectivity index (χ4n) is 4.53. The van der Waals surface area contributed by atoms with Crippen LogP contribution in [0.3, 0.4) is 0 Å². The van der Waals surface area contributed by atoms with E-state index in [0.29, 0.717) is 12.1 Å². The van der Waals surface area contributed by atoms with E-state index in [1.165, 1.54) is 6.92 Å². The fraction of sp³-hybridized carbons (Fsp3) is 0.310. The summed E-state index contributed by atoms with van der Waals surface area (Å²) in [5.74, 6) is -5.66. The summed E-state index contributed by atoms with van der Waals surface area (Å²) in [7, 11) is 0.976. The minimum atomic E-state index is -6.61. The van der Waals surface area contributed by atoms with Crippen molar-refractivity contribution in [3.05, 3.63) is 86.6 Å². The van der Waals surface area contributed by atoms with Gasteiger partial charge in [0.1, 0.15) is 11.6 Å². The molecule has 0 fully saturated rings. The molecule has 0 aliphatic heterocycles. The number of methoxy groups -OCH3 is 1. The van der Waals surface area contributed by atoms with Gasteiger partial charge in [0.25, 0.3) is 5.91 Å². The average Bonchev–Trinajstić information content (AvgIpc) is 2.96. The van der Waals surface area contributed by atoms with Gasteiger partial charge in [-0.2, -0.15) is 48.3 Å². The molecule has 0 aromatic heterocycles. The van der Waals surface area contributed by atoms with Gasteiger partial charge in [-0.25, -0.2) is 8.78 Å². The molecule has 262 valence electrons. The summed E-state index contributed by atoms with van der Waals surface area (Å²) in [5, 5.41) is 0. The van der Waals surface area contributed by atoms with Gasteiger partial charge in [0, 0.05) is 28.6 Å². The highest BCUT2D eigenvalue weighted by atomic mass is 79.9. The predicted molar refractivity (Wildman–Crippen MR) is 145 cm³/mol. The Kier molecular flexibility index (Phi) is 11.1. The minimum Gasteiger partial charge on any atom is -0.494 e. The number of halogens is 14. The maximum atomic E-state index is 14.7. The minimum absolute atomic E-state index is 0.0172. The summed E-state index contributed by atoms with van der Waals surface area (Å²) < 4.78 is 184. The van der Waals surface area contributed by atoms with Crippen LogP contribution in [0.5, 0.6) is 11.5 Å². The van der Waals surface area contributed by atoms with Crippen LogP contribution in [-0.2, 0) is 18.3 Å². The smallest absolute Gasteiger partial charge is 0.435 e. The number of carbonyl (C=O) groups is 2. The van der Waals surface area contributed by atoms with Crippen LogP contribution in [0.15, 0.2) is 53.0 Å². The lowest BCUT2D eigenvalue weighted by Gasteiger charge is -2.31. The van der Waals surface area contributed by atoms with E-state index in [4.69, 9.17) is 4.74 Å². The van der Waals surface area contributed by atoms with Gasteiger partial charge < -0.3 is 14.4 Å². The van der Waals surface area contributed by atoms with E-state index >= 15 is 0 Å². The number of para-hydroxylation sites is 1. The molecule has 0 radical (unpaired) electrons. The quantitative estimate of drug-likeness (QED) is 0.152. The number of rotatable bonds is 10. The van der Waals surface area contributed by atoms with E-state index in [-0.39, 0.29) is 30.4 Å². The number of alkyl halides is 12. The second-order valence-corrected chi connectivity index (χ2v) is 10.5. The molecule has 0 saturated carbocycles. The molecule has 0 unspecified atom stereocenters. The largest absolute Gasteiger partial charge is 0.494 e. The van der Waals surface area contributed by atoms with Crippen LogP contribution in [-0.4, -0.2) is 44.3 Å². The summed E-state index contributed by atoms with van der Waals surface area (Å²) in [4.78, 5) is 27.4. The Hall–Kier alpha value is -4.03. The lowest BCUT2D eigenvalue weighted by Crippen LogP contribution is -2.50. The maximum Gasteiger partial charge on any atom is 0.435 e. The third kappa shape index (κ3) is 7.49. The number of hydrogen-bond acceptors (Lipinski definition) is 4. The lowest BCUT2D eigenvalue weighted by molar-refractivity contribution is -0.348. The molecule has 0 aliphatic rings. The number of anilines is 1. The highest BCUT2D eigenvalue weighted by molar-refractivity contribution is 9.10. The molecule has 3 aromatic carbocycles. The van der Waals surface area contributed by atoms with Crippen LogP contribution in [0.4, 0.5) is 62.8 Å². The first-order chi connectivity index (χ1) is 22.0. The van der Waals surface area contributed by atoms with E-state index in [2.05, 4.69) is 20.7 Å². The summed E-state index contributed by atoms with van der Waals surface area (Å²) in [6, 6.07) is 4.10. The monoisotopic (exact) mass is 771 g/mol. The molecule has 0 bridgehead atoms. The van der Waals surface area contributed by atoms with Crippen molar-refractivity contribution in [2.24, 2.45) is 0 Å². The number of ketones is 1. The molecule has 0 spiro atoms. The van der Waals surface area contributed by atoms with Gasteiger partial charge in [0.2, 0.25) is 0 Å². The zero-order valence-electron chi connectivity index (χ0n) is 24.0. The van der Waals surface area contributed by atoms with Gasteiger partial charge in [0.15, 0.2) is 11.5 Å². The molecule has 19 heteroatoms. The Morgan fingerprint density at radius 3 is 1.96 bits per heavy atom. The Morgan fingerprint density at radius 1 is 0.854 bits per heavy atom. The second kappa shape index (κ2) is 13.8. The average molecular weight is 772 g/mol. The first-order valence-electron chi connectivity index (χ1n) is 13.0. The number of hydrogen-bond donors (Lipinski definition) is 0. The van der Waals surface area contributed by atoms with Crippen LogP contribution >= 0.6 is 15.9 Å². The molecule has 5 nitrogen and oxygen atoms in total. The highest BCUT2D eigenvalue weighted by Crippen LogP contribution is 2.54. The topological polar surface area (TPSA) is 55.8 Å². The first kappa shape index (κ1) is 38.4. The third-order valence-corrected chi connectivity index (χ3v) is 7.47. The van der Waals surface area contributed by atoms with Gasteiger partial charge in [-0.1, -0.05) is 22.0 Å². The first-order valence-corrected chi connectivity index (χ1v) is 13.8. The Bertz CT molecular complexity index is 1670. The lowest BCUT2D eigenvalue weighted by atomic mass is 9.91. The maximum absolute atomic E-state index is 14.7. The van der Waals surface area contributed by atoms with Crippen LogP contribution in [0.1, 0.15) is 44.3 Å². The number of carbonyl (C=O) groups excluding carboxylic acids is 2. The third-order valence-electron chi connectivity index (χ3n) is 6.76. The molecule has 0 heterocycles. The van der Waals surface area contributed by atoms with Crippen LogP contribution in [0, 0.1) is 5.82 Å². The normalized spacial score (nSPS) is 12.7. The molecule has 48 heavy (non-hydrogen) atoms. The highest BCUT2D eigenvalue weighted by Gasteiger charge is 2.73. The van der Waals surface area contributed by atoms with Crippen molar-refractivity contribution in [3.63, 3.8) is 0 Å². The van der Waals surface area contributed by atoms with Crippen molar-refractivity contribution < 1.29 is 76.1 Å². The molecule has 0 aliphatic carbocycles. The zero-order chi connectivity index (χ0) is 36.6. The van der Waals surface area contributed by atoms with Crippen molar-refractivity contribution in [2.45, 2.75) is 44.2 Å². The summed E-state index contributed by atoms with van der Waals surface area (Å²) in [6.45, 7) is -2.88. The molecular formula is C29H19BrF13NO4. The predicted octanol–water partition coefficient (Wildman–Crippen LogP) is 9.60. The van der Waals surface area contributed by atoms with E-state index in [0.717, 1.165) is 30.2 Å². The van der Waals surface area contributed by atoms with E-state index < -0.39 is 98.5 Å². The summed E-state index contributed by atoms with van der Waals surface area (Å²) >= 11 is 2.59. The van der Waals surface area contributed by atoms with Crippen molar-refractivity contribution in [2.75, 3.05) is 18.6 Å². The Balaban J connectivity index is 2.13. The number of nitrogens with zero attached hydrogens (tertiary/aromatic N) is 1. The van der Waals surface area contributed by atoms with Gasteiger partial charge >= 0.3 is 30.8 Å². The van der Waals surface area contributed by atoms with E-state index in [9.17, 15) is 66.7 Å². The summed E-state index contributed by atoms with van der Waals surface area (Å²) in [5.41, 5.74) is -12.1.